The number of nitro groups is 1. The highest BCUT2D eigenvalue weighted by Gasteiger charge is 2.32. The molecule has 6 rings (SSSR count). The van der Waals surface area contributed by atoms with Crippen molar-refractivity contribution in [2.24, 2.45) is 10.2 Å². The smallest absolute Gasteiger partial charge is 0.348 e. The molecule has 0 spiro atoms. The van der Waals surface area contributed by atoms with Gasteiger partial charge in [0.1, 0.15) is 6.33 Å². The van der Waals surface area contributed by atoms with Gasteiger partial charge in [-0.25, -0.2) is 9.97 Å². The predicted octanol–water partition coefficient (Wildman–Crippen LogP) is 7.46. The minimum Gasteiger partial charge on any atom is -0.348 e. The summed E-state index contributed by atoms with van der Waals surface area (Å²) in [5.41, 5.74) is 4.35. The molecule has 0 aliphatic carbocycles. The minimum absolute atomic E-state index is 0.0948. The zero-order chi connectivity index (χ0) is 29.4. The van der Waals surface area contributed by atoms with Crippen molar-refractivity contribution in [2.75, 3.05) is 36.4 Å². The van der Waals surface area contributed by atoms with Crippen molar-refractivity contribution in [1.82, 2.24) is 14.9 Å². The summed E-state index contributed by atoms with van der Waals surface area (Å²) < 4.78 is 0. The summed E-state index contributed by atoms with van der Waals surface area (Å²) >= 11 is 0. The van der Waals surface area contributed by atoms with Crippen LogP contribution in [-0.4, -0.2) is 46.0 Å². The molecular weight excluding hydrogens is 540 g/mol. The van der Waals surface area contributed by atoms with Gasteiger partial charge in [-0.3, -0.25) is 15.0 Å². The number of rotatable bonds is 9. The molecule has 0 amide bonds. The van der Waals surface area contributed by atoms with Crippen molar-refractivity contribution in [3.8, 4) is 0 Å². The van der Waals surface area contributed by atoms with Crippen molar-refractivity contribution in [2.45, 2.75) is 6.04 Å². The van der Waals surface area contributed by atoms with E-state index >= 15 is 0 Å². The average molecular weight is 571 g/mol. The molecule has 0 unspecified atom stereocenters. The van der Waals surface area contributed by atoms with E-state index in [1.54, 1.807) is 24.3 Å². The standard InChI is InChI=1S/C33H30N8O2/c42-41(43)31-32(36-27-16-18-29(19-17-27)38-37-28-14-8-3-9-15-28)34-24-35-33(31)40-22-20-39(21-23-40)30(25-10-4-1-5-11-25)26-12-6-2-7-13-26/h1-19,24,30H,20-23H2,(H,34,35,36). The van der Waals surface area contributed by atoms with E-state index in [1.807, 2.05) is 47.4 Å². The van der Waals surface area contributed by atoms with Crippen LogP contribution in [0.25, 0.3) is 0 Å². The molecule has 43 heavy (non-hydrogen) atoms. The maximum absolute atomic E-state index is 12.3. The van der Waals surface area contributed by atoms with Crippen LogP contribution in [0.15, 0.2) is 132 Å². The van der Waals surface area contributed by atoms with Gasteiger partial charge in [0.05, 0.1) is 22.3 Å². The lowest BCUT2D eigenvalue weighted by Crippen LogP contribution is -2.48. The predicted molar refractivity (Wildman–Crippen MR) is 168 cm³/mol. The van der Waals surface area contributed by atoms with Crippen LogP contribution in [0.2, 0.25) is 0 Å². The van der Waals surface area contributed by atoms with Gasteiger partial charge in [-0.2, -0.15) is 10.2 Å². The zero-order valence-corrected chi connectivity index (χ0v) is 23.4. The number of hydrogen-bond donors (Lipinski definition) is 1. The molecule has 0 saturated carbocycles. The molecule has 0 radical (unpaired) electrons. The quantitative estimate of drug-likeness (QED) is 0.111. The molecule has 1 aliphatic heterocycles. The first-order valence-corrected chi connectivity index (χ1v) is 14.1. The molecule has 10 heteroatoms. The lowest BCUT2D eigenvalue weighted by atomic mass is 9.96. The third kappa shape index (κ3) is 6.55. The second-order valence-electron chi connectivity index (χ2n) is 10.1. The Morgan fingerprint density at radius 3 is 1.79 bits per heavy atom. The van der Waals surface area contributed by atoms with E-state index in [0.717, 1.165) is 18.8 Å². The summed E-state index contributed by atoms with van der Waals surface area (Å²) in [4.78, 5) is 24.9. The molecule has 2 heterocycles. The minimum atomic E-state index is -0.413. The number of nitrogens with one attached hydrogen (secondary N) is 1. The number of nitrogens with zero attached hydrogens (tertiary/aromatic N) is 7. The Bertz CT molecular complexity index is 1640. The molecule has 1 aromatic heterocycles. The van der Waals surface area contributed by atoms with Gasteiger partial charge in [0, 0.05) is 31.9 Å². The summed E-state index contributed by atoms with van der Waals surface area (Å²) in [6.45, 7) is 2.62. The topological polar surface area (TPSA) is 112 Å². The summed E-state index contributed by atoms with van der Waals surface area (Å²) in [6.07, 6.45) is 1.37. The largest absolute Gasteiger partial charge is 0.353 e. The molecule has 214 valence electrons. The van der Waals surface area contributed by atoms with Crippen LogP contribution in [0.1, 0.15) is 17.2 Å². The molecule has 4 aromatic carbocycles. The van der Waals surface area contributed by atoms with E-state index in [1.165, 1.54) is 17.5 Å². The van der Waals surface area contributed by atoms with Crippen LogP contribution in [0.3, 0.4) is 0 Å². The lowest BCUT2D eigenvalue weighted by molar-refractivity contribution is -0.383. The van der Waals surface area contributed by atoms with Gasteiger partial charge in [-0.05, 0) is 47.5 Å². The Hall–Kier alpha value is -5.48. The van der Waals surface area contributed by atoms with Crippen molar-refractivity contribution in [3.63, 3.8) is 0 Å². The van der Waals surface area contributed by atoms with E-state index in [-0.39, 0.29) is 17.5 Å². The number of anilines is 3. The number of benzene rings is 4. The molecule has 1 aliphatic rings. The Morgan fingerprint density at radius 1 is 0.698 bits per heavy atom. The maximum Gasteiger partial charge on any atom is 0.353 e. The van der Waals surface area contributed by atoms with Gasteiger partial charge in [0.15, 0.2) is 0 Å². The number of azo groups is 1. The first-order valence-electron chi connectivity index (χ1n) is 14.1. The van der Waals surface area contributed by atoms with E-state index in [2.05, 4.69) is 78.9 Å². The van der Waals surface area contributed by atoms with Gasteiger partial charge in [0.2, 0.25) is 11.6 Å². The molecule has 10 nitrogen and oxygen atoms in total. The summed E-state index contributed by atoms with van der Waals surface area (Å²) in [7, 11) is 0. The van der Waals surface area contributed by atoms with Crippen LogP contribution in [-0.2, 0) is 0 Å². The molecule has 0 atom stereocenters. The van der Waals surface area contributed by atoms with E-state index in [9.17, 15) is 10.1 Å². The van der Waals surface area contributed by atoms with Gasteiger partial charge < -0.3 is 10.2 Å². The average Bonchev–Trinajstić information content (AvgIpc) is 3.06. The van der Waals surface area contributed by atoms with E-state index < -0.39 is 4.92 Å². The van der Waals surface area contributed by atoms with Gasteiger partial charge in [-0.15, -0.1) is 0 Å². The van der Waals surface area contributed by atoms with Crippen LogP contribution >= 0.6 is 0 Å². The fraction of sp³-hybridized carbons (Fsp3) is 0.152. The third-order valence-corrected chi connectivity index (χ3v) is 7.36. The maximum atomic E-state index is 12.3. The Balaban J connectivity index is 1.18. The fourth-order valence-corrected chi connectivity index (χ4v) is 5.30. The third-order valence-electron chi connectivity index (χ3n) is 7.36. The second kappa shape index (κ2) is 13.0. The van der Waals surface area contributed by atoms with Crippen LogP contribution in [0.5, 0.6) is 0 Å². The van der Waals surface area contributed by atoms with Crippen LogP contribution < -0.4 is 10.2 Å². The first-order chi connectivity index (χ1) is 21.2. The Morgan fingerprint density at radius 2 is 1.23 bits per heavy atom. The first kappa shape index (κ1) is 27.7. The highest BCUT2D eigenvalue weighted by atomic mass is 16.6. The van der Waals surface area contributed by atoms with E-state index in [0.29, 0.717) is 30.3 Å². The van der Waals surface area contributed by atoms with Crippen LogP contribution in [0, 0.1) is 10.1 Å². The fourth-order valence-electron chi connectivity index (χ4n) is 5.30. The molecule has 1 saturated heterocycles. The zero-order valence-electron chi connectivity index (χ0n) is 23.4. The molecule has 0 bridgehead atoms. The normalized spacial score (nSPS) is 13.8. The SMILES string of the molecule is O=[N+]([O-])c1c(Nc2ccc(N=Nc3ccccc3)cc2)ncnc1N1CCN(C(c2ccccc2)c2ccccc2)CC1. The van der Waals surface area contributed by atoms with Gasteiger partial charge in [0.25, 0.3) is 0 Å². The Kier molecular flexibility index (Phi) is 8.37. The van der Waals surface area contributed by atoms with E-state index in [4.69, 9.17) is 0 Å². The van der Waals surface area contributed by atoms with Crippen molar-refractivity contribution in [3.05, 3.63) is 143 Å². The molecule has 1 N–H and O–H groups in total. The number of hydrogen-bond acceptors (Lipinski definition) is 9. The summed E-state index contributed by atoms with van der Waals surface area (Å²) in [5.74, 6) is 0.453. The number of piperazine rings is 1. The Labute approximate surface area is 249 Å². The highest BCUT2D eigenvalue weighted by molar-refractivity contribution is 5.75. The van der Waals surface area contributed by atoms with Crippen molar-refractivity contribution >= 4 is 34.4 Å². The molecular formula is C33H30N8O2. The monoisotopic (exact) mass is 570 g/mol. The summed E-state index contributed by atoms with van der Waals surface area (Å²) in [6, 6.07) is 37.6. The van der Waals surface area contributed by atoms with Crippen LogP contribution in [0.4, 0.5) is 34.4 Å². The van der Waals surface area contributed by atoms with Crippen molar-refractivity contribution in [1.29, 1.82) is 0 Å². The van der Waals surface area contributed by atoms with Gasteiger partial charge >= 0.3 is 5.69 Å². The van der Waals surface area contributed by atoms with Gasteiger partial charge in [-0.1, -0.05) is 78.9 Å². The summed E-state index contributed by atoms with van der Waals surface area (Å²) in [5, 5.41) is 23.9. The lowest BCUT2D eigenvalue weighted by Gasteiger charge is -2.40. The molecule has 5 aromatic rings. The molecule has 1 fully saturated rings. The highest BCUT2D eigenvalue weighted by Crippen LogP contribution is 2.36. The second-order valence-corrected chi connectivity index (χ2v) is 10.1. The number of aromatic nitrogens is 2. The van der Waals surface area contributed by atoms with Crippen molar-refractivity contribution < 1.29 is 4.92 Å².